The highest BCUT2D eigenvalue weighted by atomic mass is 35.5. The van der Waals surface area contributed by atoms with E-state index < -0.39 is 15.9 Å². The van der Waals surface area contributed by atoms with E-state index in [1.54, 1.807) is 30.3 Å². The molecule has 128 valence electrons. The fourth-order valence-electron chi connectivity index (χ4n) is 2.06. The predicted molar refractivity (Wildman–Crippen MR) is 95.6 cm³/mol. The van der Waals surface area contributed by atoms with Crippen molar-refractivity contribution in [3.63, 3.8) is 0 Å². The van der Waals surface area contributed by atoms with Crippen molar-refractivity contribution in [2.24, 2.45) is 0 Å². The summed E-state index contributed by atoms with van der Waals surface area (Å²) in [4.78, 5) is 12.4. The SMILES string of the molecule is COc1cc(Cl)c(C)cc1NC(=O)c1cccc(NS(C)(=O)=O)c1. The number of aryl methyl sites for hydroxylation is 1. The summed E-state index contributed by atoms with van der Waals surface area (Å²) >= 11 is 6.04. The molecule has 0 saturated carbocycles. The van der Waals surface area contributed by atoms with Crippen molar-refractivity contribution in [2.45, 2.75) is 6.92 Å². The molecule has 0 atom stereocenters. The Morgan fingerprint density at radius 2 is 1.92 bits per heavy atom. The van der Waals surface area contributed by atoms with Crippen LogP contribution < -0.4 is 14.8 Å². The molecule has 6 nitrogen and oxygen atoms in total. The molecule has 1 amide bonds. The molecule has 2 aromatic carbocycles. The van der Waals surface area contributed by atoms with E-state index in [-0.39, 0.29) is 0 Å². The lowest BCUT2D eigenvalue weighted by Crippen LogP contribution is -2.14. The maximum absolute atomic E-state index is 12.4. The van der Waals surface area contributed by atoms with Crippen LogP contribution in [0.4, 0.5) is 11.4 Å². The fourth-order valence-corrected chi connectivity index (χ4v) is 2.77. The zero-order chi connectivity index (χ0) is 17.9. The van der Waals surface area contributed by atoms with Gasteiger partial charge in [0.15, 0.2) is 0 Å². The number of halogens is 1. The van der Waals surface area contributed by atoms with E-state index in [4.69, 9.17) is 16.3 Å². The van der Waals surface area contributed by atoms with Crippen LogP contribution in [0.15, 0.2) is 36.4 Å². The maximum atomic E-state index is 12.4. The molecule has 0 saturated heterocycles. The monoisotopic (exact) mass is 368 g/mol. The lowest BCUT2D eigenvalue weighted by molar-refractivity contribution is 0.102. The highest BCUT2D eigenvalue weighted by Crippen LogP contribution is 2.31. The zero-order valence-corrected chi connectivity index (χ0v) is 15.0. The van der Waals surface area contributed by atoms with E-state index in [0.717, 1.165) is 11.8 Å². The second-order valence-corrected chi connectivity index (χ2v) is 7.37. The number of benzene rings is 2. The Morgan fingerprint density at radius 1 is 1.21 bits per heavy atom. The average molecular weight is 369 g/mol. The average Bonchev–Trinajstić information content (AvgIpc) is 2.49. The number of anilines is 2. The molecule has 0 unspecified atom stereocenters. The van der Waals surface area contributed by atoms with Gasteiger partial charge in [-0.1, -0.05) is 17.7 Å². The lowest BCUT2D eigenvalue weighted by atomic mass is 10.1. The number of sulfonamides is 1. The summed E-state index contributed by atoms with van der Waals surface area (Å²) in [5.74, 6) is 0.0385. The molecule has 24 heavy (non-hydrogen) atoms. The summed E-state index contributed by atoms with van der Waals surface area (Å²) in [6, 6.07) is 9.51. The van der Waals surface area contributed by atoms with Crippen molar-refractivity contribution in [3.05, 3.63) is 52.5 Å². The normalized spacial score (nSPS) is 11.0. The van der Waals surface area contributed by atoms with E-state index in [9.17, 15) is 13.2 Å². The Morgan fingerprint density at radius 3 is 2.54 bits per heavy atom. The first-order valence-corrected chi connectivity index (χ1v) is 9.20. The van der Waals surface area contributed by atoms with E-state index in [1.807, 2.05) is 6.92 Å². The highest BCUT2D eigenvalue weighted by molar-refractivity contribution is 7.92. The number of carbonyl (C=O) groups excluding carboxylic acids is 1. The van der Waals surface area contributed by atoms with Gasteiger partial charge in [-0.2, -0.15) is 0 Å². The molecular weight excluding hydrogens is 352 g/mol. The molecule has 0 aliphatic rings. The van der Waals surface area contributed by atoms with Gasteiger partial charge >= 0.3 is 0 Å². The first-order chi connectivity index (χ1) is 11.2. The first kappa shape index (κ1) is 18.1. The van der Waals surface area contributed by atoms with Crippen LogP contribution in [0.5, 0.6) is 5.75 Å². The van der Waals surface area contributed by atoms with Gasteiger partial charge in [0.05, 0.1) is 19.1 Å². The number of nitrogens with one attached hydrogen (secondary N) is 2. The van der Waals surface area contributed by atoms with Crippen LogP contribution >= 0.6 is 11.6 Å². The van der Waals surface area contributed by atoms with Crippen LogP contribution in [0.3, 0.4) is 0 Å². The molecule has 0 bridgehead atoms. The van der Waals surface area contributed by atoms with E-state index in [1.165, 1.54) is 13.2 Å². The van der Waals surface area contributed by atoms with Gasteiger partial charge in [-0.3, -0.25) is 9.52 Å². The number of methoxy groups -OCH3 is 1. The van der Waals surface area contributed by atoms with Gasteiger partial charge in [-0.25, -0.2) is 8.42 Å². The lowest BCUT2D eigenvalue weighted by Gasteiger charge is -2.13. The molecule has 0 aromatic heterocycles. The van der Waals surface area contributed by atoms with Crippen LogP contribution in [0.2, 0.25) is 5.02 Å². The molecule has 2 aromatic rings. The third-order valence-electron chi connectivity index (χ3n) is 3.16. The molecule has 2 N–H and O–H groups in total. The zero-order valence-electron chi connectivity index (χ0n) is 13.4. The largest absolute Gasteiger partial charge is 0.495 e. The number of hydrogen-bond donors (Lipinski definition) is 2. The molecule has 0 radical (unpaired) electrons. The Hall–Kier alpha value is -2.25. The fraction of sp³-hybridized carbons (Fsp3) is 0.188. The van der Waals surface area contributed by atoms with Crippen molar-refractivity contribution >= 4 is 38.9 Å². The smallest absolute Gasteiger partial charge is 0.255 e. The third-order valence-corrected chi connectivity index (χ3v) is 4.17. The Labute approximate surface area is 145 Å². The van der Waals surface area contributed by atoms with E-state index in [0.29, 0.717) is 27.7 Å². The molecule has 0 aliphatic heterocycles. The van der Waals surface area contributed by atoms with Gasteiger partial charge in [0.25, 0.3) is 5.91 Å². The van der Waals surface area contributed by atoms with Crippen molar-refractivity contribution in [3.8, 4) is 5.75 Å². The summed E-state index contributed by atoms with van der Waals surface area (Å²) in [5, 5.41) is 3.27. The summed E-state index contributed by atoms with van der Waals surface area (Å²) < 4.78 is 30.1. The van der Waals surface area contributed by atoms with Gasteiger partial charge in [-0.15, -0.1) is 0 Å². The van der Waals surface area contributed by atoms with Crippen LogP contribution in [0.25, 0.3) is 0 Å². The van der Waals surface area contributed by atoms with Gasteiger partial charge < -0.3 is 10.1 Å². The molecule has 0 heterocycles. The van der Waals surface area contributed by atoms with Gasteiger partial charge in [0, 0.05) is 22.3 Å². The summed E-state index contributed by atoms with van der Waals surface area (Å²) in [6.45, 7) is 1.81. The van der Waals surface area contributed by atoms with Gasteiger partial charge in [0.2, 0.25) is 10.0 Å². The molecule has 0 aliphatic carbocycles. The molecule has 0 spiro atoms. The second-order valence-electron chi connectivity index (χ2n) is 5.21. The van der Waals surface area contributed by atoms with Crippen molar-refractivity contribution in [2.75, 3.05) is 23.4 Å². The minimum Gasteiger partial charge on any atom is -0.495 e. The van der Waals surface area contributed by atoms with Crippen molar-refractivity contribution in [1.82, 2.24) is 0 Å². The summed E-state index contributed by atoms with van der Waals surface area (Å²) in [7, 11) is -1.94. The standard InChI is InChI=1S/C16H17ClN2O4S/c1-10-7-14(15(23-2)9-13(10)17)18-16(20)11-5-4-6-12(8-11)19-24(3,21)22/h4-9,19H,1-3H3,(H,18,20). The van der Waals surface area contributed by atoms with Crippen molar-refractivity contribution < 1.29 is 17.9 Å². The number of carbonyl (C=O) groups is 1. The molecule has 0 fully saturated rings. The molecule has 8 heteroatoms. The first-order valence-electron chi connectivity index (χ1n) is 6.93. The van der Waals surface area contributed by atoms with Crippen LogP contribution in [0.1, 0.15) is 15.9 Å². The minimum absolute atomic E-state index is 0.304. The minimum atomic E-state index is -3.42. The van der Waals surface area contributed by atoms with Crippen LogP contribution in [0, 0.1) is 6.92 Å². The number of rotatable bonds is 5. The van der Waals surface area contributed by atoms with Crippen LogP contribution in [-0.2, 0) is 10.0 Å². The Bertz CT molecular complexity index is 882. The number of ether oxygens (including phenoxy) is 1. The highest BCUT2D eigenvalue weighted by Gasteiger charge is 2.13. The summed E-state index contributed by atoms with van der Waals surface area (Å²) in [6.07, 6.45) is 1.04. The Kier molecular flexibility index (Phi) is 5.36. The quantitative estimate of drug-likeness (QED) is 0.848. The van der Waals surface area contributed by atoms with Gasteiger partial charge in [-0.05, 0) is 36.8 Å². The van der Waals surface area contributed by atoms with E-state index >= 15 is 0 Å². The maximum Gasteiger partial charge on any atom is 0.255 e. The van der Waals surface area contributed by atoms with Crippen molar-refractivity contribution in [1.29, 1.82) is 0 Å². The second kappa shape index (κ2) is 7.11. The third kappa shape index (κ3) is 4.62. The number of hydrogen-bond acceptors (Lipinski definition) is 4. The van der Waals surface area contributed by atoms with Gasteiger partial charge in [0.1, 0.15) is 5.75 Å². The Balaban J connectivity index is 2.28. The topological polar surface area (TPSA) is 84.5 Å². The summed E-state index contributed by atoms with van der Waals surface area (Å²) in [5.41, 5.74) is 1.88. The molecular formula is C16H17ClN2O4S. The predicted octanol–water partition coefficient (Wildman–Crippen LogP) is 3.28. The van der Waals surface area contributed by atoms with Crippen LogP contribution in [-0.4, -0.2) is 27.7 Å². The number of amides is 1. The van der Waals surface area contributed by atoms with E-state index in [2.05, 4.69) is 10.0 Å². The molecule has 2 rings (SSSR count).